The number of thioether (sulfide) groups is 1. The van der Waals surface area contributed by atoms with E-state index in [2.05, 4.69) is 69.0 Å². The van der Waals surface area contributed by atoms with Crippen LogP contribution in [-0.4, -0.2) is 27.9 Å². The second-order valence-corrected chi connectivity index (χ2v) is 7.02. The zero-order valence-corrected chi connectivity index (χ0v) is 15.0. The lowest BCUT2D eigenvalue weighted by atomic mass is 10.2. The van der Waals surface area contributed by atoms with E-state index in [0.29, 0.717) is 6.04 Å². The predicted molar refractivity (Wildman–Crippen MR) is 93.9 cm³/mol. The number of aromatic nitrogens is 2. The molecule has 2 rings (SSSR count). The van der Waals surface area contributed by atoms with Gasteiger partial charge < -0.3 is 9.88 Å². The largest absolute Gasteiger partial charge is 0.338 e. The lowest BCUT2D eigenvalue weighted by Crippen LogP contribution is -2.31. The van der Waals surface area contributed by atoms with Gasteiger partial charge in [-0.05, 0) is 37.2 Å². The smallest absolute Gasteiger partial charge is 0.108 e. The molecule has 1 unspecified atom stereocenters. The fraction of sp³-hybridized carbons (Fsp3) is 0.438. The summed E-state index contributed by atoms with van der Waals surface area (Å²) in [6, 6.07) is 9.03. The minimum Gasteiger partial charge on any atom is -0.338 e. The number of benzene rings is 1. The standard InChI is InChI=1S/C16H22BrN3S/c1-3-18-14(6-9-16-19-10-11-20(16)2)12-21-15-7-4-13(17)5-8-15/h4-5,7-8,10-11,14,18H,3,6,9,12H2,1-2H3. The van der Waals surface area contributed by atoms with Crippen molar-refractivity contribution in [3.8, 4) is 0 Å². The third-order valence-corrected chi connectivity index (χ3v) is 5.10. The Morgan fingerprint density at radius 1 is 1.33 bits per heavy atom. The molecule has 0 aliphatic rings. The maximum absolute atomic E-state index is 4.40. The number of nitrogens with one attached hydrogen (secondary N) is 1. The maximum atomic E-state index is 4.40. The van der Waals surface area contributed by atoms with Crippen molar-refractivity contribution in [1.82, 2.24) is 14.9 Å². The Hall–Kier alpha value is -0.780. The average Bonchev–Trinajstić information content (AvgIpc) is 2.89. The fourth-order valence-electron chi connectivity index (χ4n) is 2.20. The normalized spacial score (nSPS) is 12.5. The van der Waals surface area contributed by atoms with Gasteiger partial charge in [0.2, 0.25) is 0 Å². The lowest BCUT2D eigenvalue weighted by Gasteiger charge is -2.17. The number of hydrogen-bond acceptors (Lipinski definition) is 3. The first-order valence-corrected chi connectivity index (χ1v) is 9.05. The Bertz CT molecular complexity index is 539. The molecule has 1 atom stereocenters. The van der Waals surface area contributed by atoms with E-state index in [9.17, 15) is 0 Å². The number of halogens is 1. The van der Waals surface area contributed by atoms with Crippen molar-refractivity contribution in [1.29, 1.82) is 0 Å². The summed E-state index contributed by atoms with van der Waals surface area (Å²) in [6.07, 6.45) is 6.01. The Morgan fingerprint density at radius 3 is 2.71 bits per heavy atom. The summed E-state index contributed by atoms with van der Waals surface area (Å²) in [5.74, 6) is 2.24. The zero-order chi connectivity index (χ0) is 15.1. The first-order valence-electron chi connectivity index (χ1n) is 7.27. The topological polar surface area (TPSA) is 29.9 Å². The van der Waals surface area contributed by atoms with Crippen LogP contribution in [0.3, 0.4) is 0 Å². The summed E-state index contributed by atoms with van der Waals surface area (Å²) in [6.45, 7) is 3.17. The van der Waals surface area contributed by atoms with Gasteiger partial charge in [-0.1, -0.05) is 22.9 Å². The van der Waals surface area contributed by atoms with E-state index in [0.717, 1.165) is 35.4 Å². The van der Waals surface area contributed by atoms with Gasteiger partial charge in [0.05, 0.1) is 0 Å². The molecule has 0 amide bonds. The van der Waals surface area contributed by atoms with Crippen LogP contribution in [0.15, 0.2) is 46.0 Å². The van der Waals surface area contributed by atoms with Gasteiger partial charge in [-0.15, -0.1) is 11.8 Å². The number of rotatable bonds is 8. The molecule has 0 radical (unpaired) electrons. The molecule has 21 heavy (non-hydrogen) atoms. The Morgan fingerprint density at radius 2 is 2.10 bits per heavy atom. The van der Waals surface area contributed by atoms with E-state index in [4.69, 9.17) is 0 Å². The van der Waals surface area contributed by atoms with Crippen molar-refractivity contribution in [2.24, 2.45) is 7.05 Å². The van der Waals surface area contributed by atoms with Crippen LogP contribution in [-0.2, 0) is 13.5 Å². The van der Waals surface area contributed by atoms with Crippen molar-refractivity contribution >= 4 is 27.7 Å². The second-order valence-electron chi connectivity index (χ2n) is 5.01. The summed E-state index contributed by atoms with van der Waals surface area (Å²) < 4.78 is 3.23. The third-order valence-electron chi connectivity index (χ3n) is 3.39. The fourth-order valence-corrected chi connectivity index (χ4v) is 3.47. The molecular weight excluding hydrogens is 346 g/mol. The lowest BCUT2D eigenvalue weighted by molar-refractivity contribution is 0.526. The molecule has 114 valence electrons. The van der Waals surface area contributed by atoms with Gasteiger partial charge in [-0.2, -0.15) is 0 Å². The highest BCUT2D eigenvalue weighted by Gasteiger charge is 2.10. The number of hydrogen-bond donors (Lipinski definition) is 1. The van der Waals surface area contributed by atoms with Gasteiger partial charge in [0.15, 0.2) is 0 Å². The van der Waals surface area contributed by atoms with Gasteiger partial charge in [0.25, 0.3) is 0 Å². The molecule has 0 saturated carbocycles. The molecule has 0 fully saturated rings. The molecule has 0 aliphatic carbocycles. The van der Waals surface area contributed by atoms with E-state index in [1.807, 2.05) is 24.2 Å². The monoisotopic (exact) mass is 367 g/mol. The molecule has 1 aromatic carbocycles. The minimum absolute atomic E-state index is 0.514. The summed E-state index contributed by atoms with van der Waals surface area (Å²) in [5, 5.41) is 3.58. The Kier molecular flexibility index (Phi) is 6.80. The molecule has 5 heteroatoms. The molecule has 0 bridgehead atoms. The summed E-state index contributed by atoms with van der Waals surface area (Å²) in [5.41, 5.74) is 0. The van der Waals surface area contributed by atoms with E-state index in [1.54, 1.807) is 0 Å². The van der Waals surface area contributed by atoms with E-state index >= 15 is 0 Å². The Labute approximate surface area is 139 Å². The number of nitrogens with zero attached hydrogens (tertiary/aromatic N) is 2. The van der Waals surface area contributed by atoms with Crippen LogP contribution in [0.5, 0.6) is 0 Å². The van der Waals surface area contributed by atoms with Crippen LogP contribution in [0.25, 0.3) is 0 Å². The molecule has 1 heterocycles. The van der Waals surface area contributed by atoms with Gasteiger partial charge in [0.1, 0.15) is 5.82 Å². The van der Waals surface area contributed by atoms with Crippen LogP contribution in [0.4, 0.5) is 0 Å². The second kappa shape index (κ2) is 8.61. The van der Waals surface area contributed by atoms with Crippen molar-refractivity contribution in [2.75, 3.05) is 12.3 Å². The highest BCUT2D eigenvalue weighted by molar-refractivity contribution is 9.10. The van der Waals surface area contributed by atoms with Crippen LogP contribution in [0.1, 0.15) is 19.2 Å². The first-order chi connectivity index (χ1) is 10.2. The first kappa shape index (κ1) is 16.6. The summed E-state index contributed by atoms with van der Waals surface area (Å²) in [7, 11) is 2.06. The SMILES string of the molecule is CCNC(CCc1nccn1C)CSc1ccc(Br)cc1. The molecule has 0 saturated heterocycles. The number of aryl methyl sites for hydroxylation is 2. The quantitative estimate of drug-likeness (QED) is 0.717. The van der Waals surface area contributed by atoms with Crippen molar-refractivity contribution < 1.29 is 0 Å². The van der Waals surface area contributed by atoms with Crippen LogP contribution >= 0.6 is 27.7 Å². The molecule has 0 aliphatic heterocycles. The van der Waals surface area contributed by atoms with Gasteiger partial charge in [-0.3, -0.25) is 0 Å². The van der Waals surface area contributed by atoms with Gasteiger partial charge in [0, 0.05) is 47.0 Å². The maximum Gasteiger partial charge on any atom is 0.108 e. The highest BCUT2D eigenvalue weighted by atomic mass is 79.9. The van der Waals surface area contributed by atoms with E-state index in [1.165, 1.54) is 4.90 Å². The predicted octanol–water partition coefficient (Wildman–Crippen LogP) is 3.89. The van der Waals surface area contributed by atoms with Crippen molar-refractivity contribution in [3.05, 3.63) is 47.0 Å². The van der Waals surface area contributed by atoms with E-state index < -0.39 is 0 Å². The molecule has 2 aromatic rings. The molecule has 1 aromatic heterocycles. The van der Waals surface area contributed by atoms with Crippen LogP contribution in [0, 0.1) is 0 Å². The average molecular weight is 368 g/mol. The molecule has 1 N–H and O–H groups in total. The number of imidazole rings is 1. The van der Waals surface area contributed by atoms with Crippen molar-refractivity contribution in [3.63, 3.8) is 0 Å². The zero-order valence-electron chi connectivity index (χ0n) is 12.6. The Balaban J connectivity index is 1.83. The minimum atomic E-state index is 0.514. The van der Waals surface area contributed by atoms with E-state index in [-0.39, 0.29) is 0 Å². The van der Waals surface area contributed by atoms with Crippen LogP contribution < -0.4 is 5.32 Å². The third kappa shape index (κ3) is 5.49. The van der Waals surface area contributed by atoms with Crippen LogP contribution in [0.2, 0.25) is 0 Å². The summed E-state index contributed by atoms with van der Waals surface area (Å²) >= 11 is 5.38. The molecule has 0 spiro atoms. The summed E-state index contributed by atoms with van der Waals surface area (Å²) in [4.78, 5) is 5.72. The molecule has 3 nitrogen and oxygen atoms in total. The van der Waals surface area contributed by atoms with Gasteiger partial charge >= 0.3 is 0 Å². The van der Waals surface area contributed by atoms with Crippen molar-refractivity contribution in [2.45, 2.75) is 30.7 Å². The highest BCUT2D eigenvalue weighted by Crippen LogP contribution is 2.22. The molecular formula is C16H22BrN3S. The van der Waals surface area contributed by atoms with Gasteiger partial charge in [-0.25, -0.2) is 4.98 Å².